The van der Waals surface area contributed by atoms with E-state index in [-0.39, 0.29) is 35.2 Å². The van der Waals surface area contributed by atoms with Crippen LogP contribution in [0, 0.1) is 0 Å². The molecule has 1 aromatic carbocycles. The van der Waals surface area contributed by atoms with Gasteiger partial charge in [-0.2, -0.15) is 0 Å². The van der Waals surface area contributed by atoms with E-state index in [1.165, 1.54) is 18.2 Å². The Morgan fingerprint density at radius 3 is 2.00 bits per heavy atom. The third kappa shape index (κ3) is 2.80. The average Bonchev–Trinajstić information content (AvgIpc) is 2.79. The molecule has 0 spiro atoms. The number of methoxy groups -OCH3 is 2. The lowest BCUT2D eigenvalue weighted by atomic mass is 10.2. The fourth-order valence-electron chi connectivity index (χ4n) is 2.26. The second-order valence-corrected chi connectivity index (χ2v) is 4.50. The summed E-state index contributed by atoms with van der Waals surface area (Å²) in [4.78, 5) is 13.8. The van der Waals surface area contributed by atoms with Gasteiger partial charge in [0.25, 0.3) is 5.91 Å². The van der Waals surface area contributed by atoms with Crippen molar-refractivity contribution in [3.8, 4) is 11.5 Å². The second-order valence-electron chi connectivity index (χ2n) is 4.50. The van der Waals surface area contributed by atoms with Crippen LogP contribution in [0.1, 0.15) is 10.4 Å². The van der Waals surface area contributed by atoms with Crippen LogP contribution >= 0.6 is 0 Å². The molecule has 104 valence electrons. The molecule has 0 aromatic heterocycles. The highest BCUT2D eigenvalue weighted by Crippen LogP contribution is 2.24. The molecule has 1 saturated heterocycles. The van der Waals surface area contributed by atoms with Gasteiger partial charge in [-0.15, -0.1) is 0 Å². The Bertz CT molecular complexity index is 444. The standard InChI is InChI=1S/C13H17NO5/c1-18-11-6-14(7-12(11)19-2)13(17)8-3-9(15)5-10(16)4-8/h3-5,11-12,15-16H,6-7H2,1-2H3. The van der Waals surface area contributed by atoms with Crippen LogP contribution in [-0.4, -0.2) is 60.5 Å². The van der Waals surface area contributed by atoms with Gasteiger partial charge in [-0.05, 0) is 12.1 Å². The predicted octanol–water partition coefficient (Wildman–Crippen LogP) is 0.584. The SMILES string of the molecule is COC1CN(C(=O)c2cc(O)cc(O)c2)CC1OC. The molecule has 1 amide bonds. The summed E-state index contributed by atoms with van der Waals surface area (Å²) in [5.41, 5.74) is 0.240. The first-order valence-electron chi connectivity index (χ1n) is 5.93. The van der Waals surface area contributed by atoms with Gasteiger partial charge < -0.3 is 24.6 Å². The lowest BCUT2D eigenvalue weighted by Gasteiger charge is -2.16. The highest BCUT2D eigenvalue weighted by Gasteiger charge is 2.35. The number of carbonyl (C=O) groups excluding carboxylic acids is 1. The summed E-state index contributed by atoms with van der Waals surface area (Å²) in [7, 11) is 3.15. The van der Waals surface area contributed by atoms with Gasteiger partial charge in [0.1, 0.15) is 23.7 Å². The van der Waals surface area contributed by atoms with Crippen molar-refractivity contribution in [1.29, 1.82) is 0 Å². The number of amides is 1. The molecule has 1 aliphatic heterocycles. The van der Waals surface area contributed by atoms with Crippen molar-refractivity contribution < 1.29 is 24.5 Å². The summed E-state index contributed by atoms with van der Waals surface area (Å²) in [6, 6.07) is 3.82. The number of hydrogen-bond donors (Lipinski definition) is 2. The molecule has 0 saturated carbocycles. The van der Waals surface area contributed by atoms with Crippen molar-refractivity contribution >= 4 is 5.91 Å². The molecule has 2 rings (SSSR count). The molecule has 2 atom stereocenters. The van der Waals surface area contributed by atoms with Gasteiger partial charge in [-0.1, -0.05) is 0 Å². The summed E-state index contributed by atoms with van der Waals surface area (Å²) < 4.78 is 10.5. The van der Waals surface area contributed by atoms with Crippen molar-refractivity contribution in [3.63, 3.8) is 0 Å². The van der Waals surface area contributed by atoms with E-state index < -0.39 is 0 Å². The van der Waals surface area contributed by atoms with E-state index in [1.54, 1.807) is 19.1 Å². The summed E-state index contributed by atoms with van der Waals surface area (Å²) in [6.45, 7) is 0.842. The number of ether oxygens (including phenoxy) is 2. The molecular formula is C13H17NO5. The molecule has 2 N–H and O–H groups in total. The van der Waals surface area contributed by atoms with Crippen LogP contribution in [0.2, 0.25) is 0 Å². The number of phenols is 2. The number of nitrogens with zero attached hydrogens (tertiary/aromatic N) is 1. The highest BCUT2D eigenvalue weighted by molar-refractivity contribution is 5.95. The van der Waals surface area contributed by atoms with E-state index in [0.717, 1.165) is 0 Å². The van der Waals surface area contributed by atoms with Crippen molar-refractivity contribution in [2.45, 2.75) is 12.2 Å². The fraction of sp³-hybridized carbons (Fsp3) is 0.462. The molecule has 1 aromatic rings. The van der Waals surface area contributed by atoms with E-state index in [4.69, 9.17) is 9.47 Å². The maximum absolute atomic E-state index is 12.3. The molecule has 19 heavy (non-hydrogen) atoms. The zero-order chi connectivity index (χ0) is 14.0. The van der Waals surface area contributed by atoms with Gasteiger partial charge in [0.05, 0.1) is 0 Å². The number of likely N-dealkylation sites (tertiary alicyclic amines) is 1. The Balaban J connectivity index is 2.16. The Kier molecular flexibility index (Phi) is 3.92. The second kappa shape index (κ2) is 5.46. The lowest BCUT2D eigenvalue weighted by Crippen LogP contribution is -2.30. The molecule has 2 unspecified atom stereocenters. The van der Waals surface area contributed by atoms with E-state index >= 15 is 0 Å². The minimum absolute atomic E-state index is 0.144. The van der Waals surface area contributed by atoms with Crippen molar-refractivity contribution in [3.05, 3.63) is 23.8 Å². The molecule has 0 aliphatic carbocycles. The average molecular weight is 267 g/mol. The van der Waals surface area contributed by atoms with Crippen molar-refractivity contribution in [2.24, 2.45) is 0 Å². The molecule has 6 nitrogen and oxygen atoms in total. The van der Waals surface area contributed by atoms with E-state index in [2.05, 4.69) is 0 Å². The molecule has 0 radical (unpaired) electrons. The Morgan fingerprint density at radius 2 is 1.58 bits per heavy atom. The zero-order valence-electron chi connectivity index (χ0n) is 10.9. The van der Waals surface area contributed by atoms with Gasteiger partial charge in [-0.25, -0.2) is 0 Å². The first-order valence-corrected chi connectivity index (χ1v) is 5.93. The van der Waals surface area contributed by atoms with Crippen LogP contribution < -0.4 is 0 Å². The van der Waals surface area contributed by atoms with Crippen LogP contribution in [0.25, 0.3) is 0 Å². The fourth-order valence-corrected chi connectivity index (χ4v) is 2.26. The van der Waals surface area contributed by atoms with Gasteiger partial charge >= 0.3 is 0 Å². The summed E-state index contributed by atoms with van der Waals surface area (Å²) in [5.74, 6) is -0.559. The number of phenolic OH excluding ortho intramolecular Hbond substituents is 2. The summed E-state index contributed by atoms with van der Waals surface area (Å²) >= 11 is 0. The van der Waals surface area contributed by atoms with E-state index in [9.17, 15) is 15.0 Å². The first-order chi connectivity index (χ1) is 9.05. The highest BCUT2D eigenvalue weighted by atomic mass is 16.5. The van der Waals surface area contributed by atoms with E-state index in [1.807, 2.05) is 0 Å². The van der Waals surface area contributed by atoms with Gasteiger partial charge in [0.2, 0.25) is 0 Å². The summed E-state index contributed by atoms with van der Waals surface area (Å²) in [5, 5.41) is 18.8. The van der Waals surface area contributed by atoms with Crippen molar-refractivity contribution in [1.82, 2.24) is 4.90 Å². The van der Waals surface area contributed by atoms with Gasteiger partial charge in [0, 0.05) is 38.9 Å². The molecule has 6 heteroatoms. The van der Waals surface area contributed by atoms with Gasteiger partial charge in [-0.3, -0.25) is 4.79 Å². The van der Waals surface area contributed by atoms with Crippen LogP contribution in [0.3, 0.4) is 0 Å². The summed E-state index contributed by atoms with van der Waals surface area (Å²) in [6.07, 6.45) is -0.334. The van der Waals surface area contributed by atoms with Crippen LogP contribution in [0.15, 0.2) is 18.2 Å². The maximum Gasteiger partial charge on any atom is 0.254 e. The maximum atomic E-state index is 12.3. The number of aromatic hydroxyl groups is 2. The topological polar surface area (TPSA) is 79.2 Å². The Labute approximate surface area is 111 Å². The minimum Gasteiger partial charge on any atom is -0.508 e. The lowest BCUT2D eigenvalue weighted by molar-refractivity contribution is -0.00461. The molecule has 1 fully saturated rings. The number of hydrogen-bond acceptors (Lipinski definition) is 5. The Morgan fingerprint density at radius 1 is 1.11 bits per heavy atom. The van der Waals surface area contributed by atoms with Crippen LogP contribution in [-0.2, 0) is 9.47 Å². The zero-order valence-corrected chi connectivity index (χ0v) is 10.9. The number of benzene rings is 1. The predicted molar refractivity (Wildman–Crippen MR) is 67.3 cm³/mol. The molecule has 0 bridgehead atoms. The first kappa shape index (κ1) is 13.6. The largest absolute Gasteiger partial charge is 0.508 e. The third-order valence-corrected chi connectivity index (χ3v) is 3.26. The normalized spacial score (nSPS) is 22.7. The minimum atomic E-state index is -0.271. The molecular weight excluding hydrogens is 250 g/mol. The Hall–Kier alpha value is -1.79. The smallest absolute Gasteiger partial charge is 0.254 e. The monoisotopic (exact) mass is 267 g/mol. The number of carbonyl (C=O) groups is 1. The molecule has 1 aliphatic rings. The van der Waals surface area contributed by atoms with Crippen LogP contribution in [0.4, 0.5) is 0 Å². The third-order valence-electron chi connectivity index (χ3n) is 3.26. The van der Waals surface area contributed by atoms with E-state index in [0.29, 0.717) is 13.1 Å². The van der Waals surface area contributed by atoms with Crippen molar-refractivity contribution in [2.75, 3.05) is 27.3 Å². The van der Waals surface area contributed by atoms with Gasteiger partial charge in [0.15, 0.2) is 0 Å². The number of rotatable bonds is 3. The van der Waals surface area contributed by atoms with Crippen LogP contribution in [0.5, 0.6) is 11.5 Å². The molecule has 1 heterocycles. The quantitative estimate of drug-likeness (QED) is 0.837.